The van der Waals surface area contributed by atoms with Crippen LogP contribution < -0.4 is 0 Å². The van der Waals surface area contributed by atoms with E-state index in [-0.39, 0.29) is 0 Å². The lowest BCUT2D eigenvalue weighted by molar-refractivity contribution is 0.623. The quantitative estimate of drug-likeness (QED) is 0.175. The van der Waals surface area contributed by atoms with Gasteiger partial charge in [-0.2, -0.15) is 0 Å². The molecule has 12 rings (SSSR count). The maximum absolute atomic E-state index is 6.67. The van der Waals surface area contributed by atoms with E-state index in [1.165, 1.54) is 0 Å². The number of nitrogens with zero attached hydrogens (tertiary/aromatic N) is 5. The molecule has 0 N–H and O–H groups in total. The molecule has 0 bridgehead atoms. The molecule has 0 aliphatic heterocycles. The Morgan fingerprint density at radius 1 is 0.386 bits per heavy atom. The van der Waals surface area contributed by atoms with Gasteiger partial charge in [-0.3, -0.25) is 0 Å². The molecule has 266 valence electrons. The van der Waals surface area contributed by atoms with Crippen LogP contribution in [0.1, 0.15) is 0 Å². The summed E-state index contributed by atoms with van der Waals surface area (Å²) in [5.41, 5.74) is 9.92. The summed E-state index contributed by atoms with van der Waals surface area (Å²) in [5, 5.41) is 6.33. The van der Waals surface area contributed by atoms with Crippen molar-refractivity contribution >= 4 is 65.6 Å². The topological polar surface area (TPSA) is 82.8 Å². The summed E-state index contributed by atoms with van der Waals surface area (Å²) in [4.78, 5) is 20.3. The third-order valence-electron chi connectivity index (χ3n) is 10.9. The van der Waals surface area contributed by atoms with Crippen LogP contribution in [0.15, 0.2) is 185 Å². The molecule has 0 aliphatic carbocycles. The Labute approximate surface area is 325 Å². The predicted octanol–water partition coefficient (Wildman–Crippen LogP) is 12.8. The summed E-state index contributed by atoms with van der Waals surface area (Å²) in [6.45, 7) is 0. The number of aromatic nitrogens is 5. The van der Waals surface area contributed by atoms with Crippen molar-refractivity contribution in [1.29, 1.82) is 0 Å². The number of hydrogen-bond donors (Lipinski definition) is 0. The van der Waals surface area contributed by atoms with Gasteiger partial charge in [0.2, 0.25) is 5.89 Å². The second kappa shape index (κ2) is 12.3. The molecule has 4 aromatic heterocycles. The highest BCUT2D eigenvalue weighted by Crippen LogP contribution is 2.42. The largest absolute Gasteiger partial charge is 0.456 e. The lowest BCUT2D eigenvalue weighted by Crippen LogP contribution is -2.00. The van der Waals surface area contributed by atoms with Crippen molar-refractivity contribution in [3.8, 4) is 51.3 Å². The van der Waals surface area contributed by atoms with Crippen molar-refractivity contribution in [2.45, 2.75) is 0 Å². The third-order valence-corrected chi connectivity index (χ3v) is 10.9. The van der Waals surface area contributed by atoms with E-state index < -0.39 is 0 Å². The summed E-state index contributed by atoms with van der Waals surface area (Å²) in [6.07, 6.45) is 0. The van der Waals surface area contributed by atoms with Gasteiger partial charge in [0, 0.05) is 54.9 Å². The molecular weight excluding hydrogens is 703 g/mol. The Kier molecular flexibility index (Phi) is 6.79. The molecule has 4 heterocycles. The zero-order valence-electron chi connectivity index (χ0n) is 30.3. The smallest absolute Gasteiger partial charge is 0.227 e. The molecule has 0 atom stereocenters. The zero-order valence-corrected chi connectivity index (χ0v) is 30.3. The van der Waals surface area contributed by atoms with Gasteiger partial charge in [0.1, 0.15) is 16.7 Å². The van der Waals surface area contributed by atoms with Crippen molar-refractivity contribution in [2.75, 3.05) is 0 Å². The van der Waals surface area contributed by atoms with Crippen LogP contribution in [-0.2, 0) is 0 Å². The van der Waals surface area contributed by atoms with Crippen LogP contribution in [0.2, 0.25) is 0 Å². The second-order valence-corrected chi connectivity index (χ2v) is 14.2. The molecule has 0 unspecified atom stereocenters. The fraction of sp³-hybridized carbons (Fsp3) is 0. The maximum Gasteiger partial charge on any atom is 0.227 e. The van der Waals surface area contributed by atoms with Crippen molar-refractivity contribution in [3.63, 3.8) is 0 Å². The predicted molar refractivity (Wildman–Crippen MR) is 228 cm³/mol. The highest BCUT2D eigenvalue weighted by Gasteiger charge is 2.21. The number of furan rings is 1. The van der Waals surface area contributed by atoms with Gasteiger partial charge in [0.15, 0.2) is 23.1 Å². The minimum absolute atomic E-state index is 0.565. The summed E-state index contributed by atoms with van der Waals surface area (Å²) in [7, 11) is 0. The van der Waals surface area contributed by atoms with Crippen LogP contribution in [-0.4, -0.2) is 24.5 Å². The highest BCUT2D eigenvalue weighted by atomic mass is 16.3. The molecular formula is C50H29N5O2. The summed E-state index contributed by atoms with van der Waals surface area (Å²) < 4.78 is 15.3. The van der Waals surface area contributed by atoms with Gasteiger partial charge in [-0.15, -0.1) is 0 Å². The molecule has 0 aliphatic rings. The normalized spacial score (nSPS) is 11.9. The van der Waals surface area contributed by atoms with E-state index in [1.54, 1.807) is 0 Å². The maximum atomic E-state index is 6.67. The van der Waals surface area contributed by atoms with Gasteiger partial charge >= 0.3 is 0 Å². The third kappa shape index (κ3) is 4.99. The fourth-order valence-electron chi connectivity index (χ4n) is 8.22. The molecule has 0 saturated heterocycles. The Hall–Kier alpha value is -7.90. The van der Waals surface area contributed by atoms with Crippen LogP contribution in [0.4, 0.5) is 0 Å². The van der Waals surface area contributed by atoms with Crippen LogP contribution in [0, 0.1) is 0 Å². The van der Waals surface area contributed by atoms with E-state index in [9.17, 15) is 0 Å². The molecule has 0 amide bonds. The average Bonchev–Trinajstić information content (AvgIpc) is 3.99. The monoisotopic (exact) mass is 731 g/mol. The lowest BCUT2D eigenvalue weighted by atomic mass is 10.0. The van der Waals surface area contributed by atoms with Crippen LogP contribution in [0.5, 0.6) is 0 Å². The van der Waals surface area contributed by atoms with Gasteiger partial charge in [-0.1, -0.05) is 103 Å². The Morgan fingerprint density at radius 2 is 1.00 bits per heavy atom. The lowest BCUT2D eigenvalue weighted by Gasteiger charge is -2.10. The fourth-order valence-corrected chi connectivity index (χ4v) is 8.22. The summed E-state index contributed by atoms with van der Waals surface area (Å²) in [5.74, 6) is 2.32. The SMILES string of the molecule is c1ccc(-c2nc(-c3ccc4c(c3)oc3ccccc34)nc(-c3ccc4c(c3)c3c5c(ccc6nc(-c7ccccc7)oc65)ccc3n4-c3ccccc3)n2)cc1. The molecule has 0 fully saturated rings. The minimum atomic E-state index is 0.565. The summed E-state index contributed by atoms with van der Waals surface area (Å²) >= 11 is 0. The minimum Gasteiger partial charge on any atom is -0.456 e. The first-order valence-corrected chi connectivity index (χ1v) is 18.9. The number of rotatable bonds is 5. The molecule has 57 heavy (non-hydrogen) atoms. The van der Waals surface area contributed by atoms with Crippen molar-refractivity contribution in [3.05, 3.63) is 176 Å². The van der Waals surface area contributed by atoms with E-state index in [0.717, 1.165) is 93.6 Å². The van der Waals surface area contributed by atoms with Gasteiger partial charge in [-0.05, 0) is 78.2 Å². The Balaban J connectivity index is 1.12. The first-order chi connectivity index (χ1) is 28.2. The van der Waals surface area contributed by atoms with Gasteiger partial charge in [0.25, 0.3) is 0 Å². The van der Waals surface area contributed by atoms with Gasteiger partial charge < -0.3 is 13.4 Å². The number of oxazole rings is 1. The van der Waals surface area contributed by atoms with Crippen LogP contribution in [0.25, 0.3) is 117 Å². The Morgan fingerprint density at radius 3 is 1.79 bits per heavy atom. The highest BCUT2D eigenvalue weighted by molar-refractivity contribution is 6.27. The molecule has 0 saturated carbocycles. The van der Waals surface area contributed by atoms with Crippen molar-refractivity contribution < 1.29 is 8.83 Å². The number of para-hydroxylation sites is 2. The molecule has 0 spiro atoms. The standard InChI is InChI=1S/C50H29N5O2/c1-4-12-31(13-5-1)47-52-48(54-49(53-47)34-20-24-37-36-18-10-11-19-42(36)56-43(37)29-34)33-23-26-40-38(28-33)45-41(55(40)35-16-8-3-9-17-35)27-22-30-21-25-39-46(44(30)45)57-50(51-39)32-14-6-2-7-15-32/h1-29H. The van der Waals surface area contributed by atoms with E-state index in [4.69, 9.17) is 28.8 Å². The van der Waals surface area contributed by atoms with E-state index in [1.807, 2.05) is 97.1 Å². The zero-order chi connectivity index (χ0) is 37.5. The average molecular weight is 732 g/mol. The Bertz CT molecular complexity index is 3510. The molecule has 7 nitrogen and oxygen atoms in total. The molecule has 7 heteroatoms. The van der Waals surface area contributed by atoms with E-state index in [2.05, 4.69) is 83.4 Å². The first kappa shape index (κ1) is 31.5. The summed E-state index contributed by atoms with van der Waals surface area (Å²) in [6, 6.07) is 59.9. The van der Waals surface area contributed by atoms with Crippen LogP contribution >= 0.6 is 0 Å². The molecule has 8 aromatic carbocycles. The van der Waals surface area contributed by atoms with Crippen molar-refractivity contribution in [1.82, 2.24) is 24.5 Å². The van der Waals surface area contributed by atoms with E-state index >= 15 is 0 Å². The van der Waals surface area contributed by atoms with Crippen LogP contribution in [0.3, 0.4) is 0 Å². The van der Waals surface area contributed by atoms with Gasteiger partial charge in [-0.25, -0.2) is 19.9 Å². The van der Waals surface area contributed by atoms with Crippen molar-refractivity contribution in [2.24, 2.45) is 0 Å². The number of benzene rings is 8. The number of fused-ring (bicyclic) bond motifs is 10. The number of hydrogen-bond acceptors (Lipinski definition) is 6. The molecule has 0 radical (unpaired) electrons. The first-order valence-electron chi connectivity index (χ1n) is 18.9. The second-order valence-electron chi connectivity index (χ2n) is 14.2. The molecule has 12 aromatic rings. The van der Waals surface area contributed by atoms with Gasteiger partial charge in [0.05, 0.1) is 11.0 Å². The van der Waals surface area contributed by atoms with E-state index in [0.29, 0.717) is 23.4 Å².